The Hall–Kier alpha value is -2.77. The molecule has 0 bridgehead atoms. The summed E-state index contributed by atoms with van der Waals surface area (Å²) >= 11 is 0. The van der Waals surface area contributed by atoms with Gasteiger partial charge in [-0.25, -0.2) is 12.7 Å². The van der Waals surface area contributed by atoms with Crippen LogP contribution in [0.25, 0.3) is 5.57 Å². The van der Waals surface area contributed by atoms with Crippen LogP contribution in [0.3, 0.4) is 0 Å². The van der Waals surface area contributed by atoms with Gasteiger partial charge >= 0.3 is 21.1 Å². The Labute approximate surface area is 214 Å². The van der Waals surface area contributed by atoms with Crippen molar-refractivity contribution < 1.29 is 21.1 Å². The minimum Gasteiger partial charge on any atom is -0.364 e. The average Bonchev–Trinajstić information content (AvgIpc) is 2.77. The maximum absolute atomic E-state index is 4.38. The number of benzene rings is 1. The Kier molecular flexibility index (Phi) is 11.2. The van der Waals surface area contributed by atoms with Gasteiger partial charge in [0, 0.05) is 18.4 Å². The van der Waals surface area contributed by atoms with Crippen LogP contribution in [0.1, 0.15) is 45.9 Å². The van der Waals surface area contributed by atoms with Crippen molar-refractivity contribution >= 4 is 17.5 Å². The molecule has 0 aliphatic rings. The molecule has 0 spiro atoms. The summed E-state index contributed by atoms with van der Waals surface area (Å²) in [5.74, 6) is 0. The Morgan fingerprint density at radius 1 is 1.09 bits per heavy atom. The predicted molar refractivity (Wildman–Crippen MR) is 138 cm³/mol. The third kappa shape index (κ3) is 8.26. The number of rotatable bonds is 9. The molecule has 0 fully saturated rings. The van der Waals surface area contributed by atoms with E-state index in [2.05, 4.69) is 86.9 Å². The minimum atomic E-state index is 0. The summed E-state index contributed by atoms with van der Waals surface area (Å²) in [7, 11) is 0. The summed E-state index contributed by atoms with van der Waals surface area (Å²) in [6, 6.07) is 14.2. The monoisotopic (exact) mass is 618 g/mol. The molecule has 33 heavy (non-hydrogen) atoms. The van der Waals surface area contributed by atoms with E-state index in [9.17, 15) is 0 Å². The third-order valence-electron chi connectivity index (χ3n) is 4.82. The fraction of sp³-hybridized carbons (Fsp3) is 0.241. The van der Waals surface area contributed by atoms with Gasteiger partial charge in [-0.2, -0.15) is 6.58 Å². The maximum Gasteiger partial charge on any atom is 2.00 e. The van der Waals surface area contributed by atoms with Crippen LogP contribution in [0.5, 0.6) is 0 Å². The molecule has 1 aromatic heterocycles. The van der Waals surface area contributed by atoms with Crippen LogP contribution in [0.15, 0.2) is 96.4 Å². The quantitative estimate of drug-likeness (QED) is 0.170. The number of pyridine rings is 1. The molecule has 1 heterocycles. The van der Waals surface area contributed by atoms with Crippen LogP contribution < -0.4 is 4.90 Å². The van der Waals surface area contributed by atoms with Crippen molar-refractivity contribution in [2.24, 2.45) is 4.99 Å². The van der Waals surface area contributed by atoms with Crippen molar-refractivity contribution in [2.75, 3.05) is 11.4 Å². The molecule has 0 amide bonds. The zero-order chi connectivity index (χ0) is 23.7. The summed E-state index contributed by atoms with van der Waals surface area (Å²) in [6.45, 7) is 23.5. The molecule has 0 saturated carbocycles. The van der Waals surface area contributed by atoms with Gasteiger partial charge in [0.05, 0.1) is 0 Å². The van der Waals surface area contributed by atoms with Crippen LogP contribution >= 0.6 is 0 Å². The normalized spacial score (nSPS) is 12.3. The zero-order valence-electron chi connectivity index (χ0n) is 20.3. The molecule has 3 nitrogen and oxygen atoms in total. The van der Waals surface area contributed by atoms with Crippen LogP contribution in [0, 0.1) is 12.2 Å². The summed E-state index contributed by atoms with van der Waals surface area (Å²) < 4.78 is 0. The second-order valence-corrected chi connectivity index (χ2v) is 8.49. The molecule has 174 valence electrons. The van der Waals surface area contributed by atoms with Gasteiger partial charge in [0.25, 0.3) is 0 Å². The molecular formula is C29H33N3Pt. The fourth-order valence-corrected chi connectivity index (χ4v) is 3.08. The molecule has 0 radical (unpaired) electrons. The molecule has 1 aromatic carbocycles. The second kappa shape index (κ2) is 13.1. The molecular weight excluding hydrogens is 585 g/mol. The number of hydrogen-bond acceptors (Lipinski definition) is 3. The first-order valence-electron chi connectivity index (χ1n) is 10.7. The molecule has 0 aliphatic heterocycles. The Bertz CT molecular complexity index is 1040. The van der Waals surface area contributed by atoms with Gasteiger partial charge in [-0.3, -0.25) is 4.99 Å². The largest absolute Gasteiger partial charge is 2.00 e. The average molecular weight is 619 g/mol. The standard InChI is InChI=1S/C29H33N3.Pt/c1-9-26(20-23(4)28-13-11-12-18-31-28)32(24(5)19-22(3)21-30-10-2)27-16-14-25(15-17-27)29(6,7)8;/h9-18H,1,4-5,21H2,2-3,6-8H3;/q-2;+2. The zero-order valence-corrected chi connectivity index (χ0v) is 22.5. The molecule has 0 N–H and O–H groups in total. The van der Waals surface area contributed by atoms with Crippen LogP contribution in [-0.2, 0) is 26.5 Å². The molecule has 0 unspecified atom stereocenters. The summed E-state index contributed by atoms with van der Waals surface area (Å²) in [5, 5.41) is 0. The topological polar surface area (TPSA) is 28.5 Å². The van der Waals surface area contributed by atoms with Crippen molar-refractivity contribution in [3.63, 3.8) is 0 Å². The summed E-state index contributed by atoms with van der Waals surface area (Å²) in [5.41, 5.74) is 6.06. The van der Waals surface area contributed by atoms with Crippen LogP contribution in [0.2, 0.25) is 0 Å². The van der Waals surface area contributed by atoms with E-state index in [0.717, 1.165) is 17.0 Å². The van der Waals surface area contributed by atoms with E-state index in [0.29, 0.717) is 23.5 Å². The molecule has 2 aromatic rings. The number of aliphatic imine (C=N–C) groups is 1. The molecule has 4 heteroatoms. The first-order valence-corrected chi connectivity index (χ1v) is 10.7. The van der Waals surface area contributed by atoms with Gasteiger partial charge in [-0.1, -0.05) is 52.0 Å². The predicted octanol–water partition coefficient (Wildman–Crippen LogP) is 7.12. The van der Waals surface area contributed by atoms with E-state index in [1.807, 2.05) is 36.9 Å². The van der Waals surface area contributed by atoms with Gasteiger partial charge in [-0.05, 0) is 53.7 Å². The maximum atomic E-state index is 4.38. The van der Waals surface area contributed by atoms with Gasteiger partial charge in [0.1, 0.15) is 0 Å². The van der Waals surface area contributed by atoms with E-state index < -0.39 is 0 Å². The number of nitrogens with zero attached hydrogens (tertiary/aromatic N) is 3. The molecule has 0 aliphatic carbocycles. The van der Waals surface area contributed by atoms with E-state index in [1.54, 1.807) is 18.5 Å². The number of hydrogen-bond donors (Lipinski definition) is 0. The van der Waals surface area contributed by atoms with Crippen molar-refractivity contribution in [1.29, 1.82) is 0 Å². The number of aromatic nitrogens is 1. The summed E-state index contributed by atoms with van der Waals surface area (Å²) in [4.78, 5) is 10.7. The Balaban J connectivity index is 0.00000544. The SMILES string of the molecule is C=CC(=[C-]C(=C)c1ccccn1)N(C(=C)[C-]=C(C)CN=CC)c1ccc(C(C)(C)C)cc1.[Pt+2]. The third-order valence-corrected chi connectivity index (χ3v) is 4.82. The van der Waals surface area contributed by atoms with Crippen molar-refractivity contribution in [3.8, 4) is 0 Å². The molecule has 0 atom stereocenters. The van der Waals surface area contributed by atoms with E-state index in [-0.39, 0.29) is 26.5 Å². The molecule has 2 rings (SSSR count). The van der Waals surface area contributed by atoms with E-state index in [4.69, 9.17) is 0 Å². The smallest absolute Gasteiger partial charge is 0.364 e. The van der Waals surface area contributed by atoms with Crippen molar-refractivity contribution in [3.05, 3.63) is 115 Å². The minimum absolute atomic E-state index is 0. The van der Waals surface area contributed by atoms with Gasteiger partial charge in [-0.15, -0.1) is 35.6 Å². The Morgan fingerprint density at radius 3 is 2.27 bits per heavy atom. The van der Waals surface area contributed by atoms with E-state index >= 15 is 0 Å². The number of allylic oxidation sites excluding steroid dienone is 4. The first-order chi connectivity index (χ1) is 15.2. The van der Waals surface area contributed by atoms with Crippen molar-refractivity contribution in [2.45, 2.75) is 40.0 Å². The van der Waals surface area contributed by atoms with Gasteiger partial charge in [0.15, 0.2) is 0 Å². The van der Waals surface area contributed by atoms with Crippen LogP contribution in [-0.4, -0.2) is 17.7 Å². The van der Waals surface area contributed by atoms with Crippen LogP contribution in [0.4, 0.5) is 5.69 Å². The number of anilines is 1. The van der Waals surface area contributed by atoms with E-state index in [1.165, 1.54) is 5.56 Å². The second-order valence-electron chi connectivity index (χ2n) is 8.49. The fourth-order valence-electron chi connectivity index (χ4n) is 3.08. The molecule has 0 saturated heterocycles. The van der Waals surface area contributed by atoms with Gasteiger partial charge < -0.3 is 9.88 Å². The Morgan fingerprint density at radius 2 is 1.76 bits per heavy atom. The van der Waals surface area contributed by atoms with Gasteiger partial charge in [0.2, 0.25) is 0 Å². The van der Waals surface area contributed by atoms with Crippen molar-refractivity contribution in [1.82, 2.24) is 4.98 Å². The first kappa shape index (κ1) is 28.3. The summed E-state index contributed by atoms with van der Waals surface area (Å²) in [6.07, 6.45) is 12.0.